The van der Waals surface area contributed by atoms with Gasteiger partial charge in [-0.1, -0.05) is 13.0 Å². The molecule has 0 unspecified atom stereocenters. The molecule has 15 heavy (non-hydrogen) atoms. The fourth-order valence-electron chi connectivity index (χ4n) is 2.13. The summed E-state index contributed by atoms with van der Waals surface area (Å²) in [6.07, 6.45) is 6.12. The first-order valence-electron chi connectivity index (χ1n) is 5.54. The van der Waals surface area contributed by atoms with Crippen molar-refractivity contribution in [2.75, 3.05) is 6.61 Å². The number of nitrogens with zero attached hydrogens (tertiary/aromatic N) is 1. The lowest BCUT2D eigenvalue weighted by molar-refractivity contribution is 0.355. The first-order valence-corrected chi connectivity index (χ1v) is 5.54. The van der Waals surface area contributed by atoms with Crippen molar-refractivity contribution in [1.82, 2.24) is 4.98 Å². The molecule has 1 aliphatic rings. The number of fused-ring (bicyclic) bond motifs is 1. The van der Waals surface area contributed by atoms with Crippen LogP contribution in [0.4, 0.5) is 0 Å². The Hall–Kier alpha value is -1.31. The molecule has 0 aromatic carbocycles. The molecule has 1 aliphatic heterocycles. The van der Waals surface area contributed by atoms with Crippen molar-refractivity contribution in [3.8, 4) is 5.75 Å². The minimum absolute atomic E-state index is 0.777. The van der Waals surface area contributed by atoms with Crippen LogP contribution in [0.25, 0.3) is 5.57 Å². The van der Waals surface area contributed by atoms with Crippen LogP contribution in [0.3, 0.4) is 0 Å². The number of aryl methyl sites for hydroxylation is 1. The third-order valence-electron chi connectivity index (χ3n) is 2.93. The highest BCUT2D eigenvalue weighted by molar-refractivity contribution is 5.73. The Kier molecular flexibility index (Phi) is 2.76. The molecule has 0 atom stereocenters. The third kappa shape index (κ3) is 1.65. The molecule has 1 aromatic heterocycles. The predicted molar refractivity (Wildman–Crippen MR) is 62.1 cm³/mol. The number of allylic oxidation sites excluding steroid dienone is 2. The normalized spacial score (nSPS) is 15.0. The highest BCUT2D eigenvalue weighted by Crippen LogP contribution is 2.36. The Bertz CT molecular complexity index is 407. The standard InChI is InChI=1S/C13H17NO/c1-4-10(5-2)12-9(3)8-14-11-6-7-15-13(11)12/h4,8H,5-7H2,1-3H3/b10-4+. The van der Waals surface area contributed by atoms with Gasteiger partial charge in [0.1, 0.15) is 5.75 Å². The molecule has 0 radical (unpaired) electrons. The summed E-state index contributed by atoms with van der Waals surface area (Å²) in [4.78, 5) is 4.42. The molecular weight excluding hydrogens is 186 g/mol. The predicted octanol–water partition coefficient (Wildman–Crippen LogP) is 3.14. The van der Waals surface area contributed by atoms with E-state index in [9.17, 15) is 0 Å². The molecule has 2 rings (SSSR count). The summed E-state index contributed by atoms with van der Waals surface area (Å²) in [6, 6.07) is 0. The largest absolute Gasteiger partial charge is 0.491 e. The summed E-state index contributed by atoms with van der Waals surface area (Å²) < 4.78 is 5.69. The van der Waals surface area contributed by atoms with Crippen molar-refractivity contribution < 1.29 is 4.74 Å². The summed E-state index contributed by atoms with van der Waals surface area (Å²) in [5.74, 6) is 1.02. The quantitative estimate of drug-likeness (QED) is 0.736. The summed E-state index contributed by atoms with van der Waals surface area (Å²) in [6.45, 7) is 7.14. The Morgan fingerprint density at radius 2 is 2.40 bits per heavy atom. The van der Waals surface area contributed by atoms with E-state index in [-0.39, 0.29) is 0 Å². The lowest BCUT2D eigenvalue weighted by Gasteiger charge is -2.12. The average molecular weight is 203 g/mol. The third-order valence-corrected chi connectivity index (χ3v) is 2.93. The molecule has 0 spiro atoms. The molecule has 1 aromatic rings. The van der Waals surface area contributed by atoms with E-state index in [2.05, 4.69) is 31.8 Å². The van der Waals surface area contributed by atoms with Gasteiger partial charge in [-0.2, -0.15) is 0 Å². The van der Waals surface area contributed by atoms with Crippen molar-refractivity contribution in [3.63, 3.8) is 0 Å². The highest BCUT2D eigenvalue weighted by Gasteiger charge is 2.20. The van der Waals surface area contributed by atoms with E-state index in [1.165, 1.54) is 16.7 Å². The molecule has 0 aliphatic carbocycles. The number of rotatable bonds is 2. The van der Waals surface area contributed by atoms with Crippen molar-refractivity contribution >= 4 is 5.57 Å². The Balaban J connectivity index is 2.59. The number of hydrogen-bond donors (Lipinski definition) is 0. The molecule has 2 nitrogen and oxygen atoms in total. The smallest absolute Gasteiger partial charge is 0.148 e. The first kappa shape index (κ1) is 10.2. The van der Waals surface area contributed by atoms with Gasteiger partial charge in [0.15, 0.2) is 0 Å². The van der Waals surface area contributed by atoms with Gasteiger partial charge in [-0.05, 0) is 31.4 Å². The maximum absolute atomic E-state index is 5.69. The maximum atomic E-state index is 5.69. The average Bonchev–Trinajstić information content (AvgIpc) is 2.70. The number of pyridine rings is 1. The van der Waals surface area contributed by atoms with Gasteiger partial charge in [0, 0.05) is 18.2 Å². The molecule has 0 bridgehead atoms. The molecule has 0 saturated carbocycles. The highest BCUT2D eigenvalue weighted by atomic mass is 16.5. The fourth-order valence-corrected chi connectivity index (χ4v) is 2.13. The van der Waals surface area contributed by atoms with Crippen molar-refractivity contribution in [1.29, 1.82) is 0 Å². The van der Waals surface area contributed by atoms with Gasteiger partial charge in [0.05, 0.1) is 12.3 Å². The zero-order chi connectivity index (χ0) is 10.8. The van der Waals surface area contributed by atoms with E-state index in [4.69, 9.17) is 4.74 Å². The van der Waals surface area contributed by atoms with Crippen LogP contribution in [0.2, 0.25) is 0 Å². The molecule has 0 N–H and O–H groups in total. The van der Waals surface area contributed by atoms with Gasteiger partial charge in [0.25, 0.3) is 0 Å². The van der Waals surface area contributed by atoms with Crippen LogP contribution in [0.5, 0.6) is 5.75 Å². The topological polar surface area (TPSA) is 22.1 Å². The van der Waals surface area contributed by atoms with E-state index >= 15 is 0 Å². The zero-order valence-electron chi connectivity index (χ0n) is 9.63. The SMILES string of the molecule is C/C=C(\CC)c1c(C)cnc2c1OCC2. The van der Waals surface area contributed by atoms with Crippen LogP contribution >= 0.6 is 0 Å². The van der Waals surface area contributed by atoms with Crippen LogP contribution in [-0.2, 0) is 6.42 Å². The van der Waals surface area contributed by atoms with Crippen LogP contribution in [0, 0.1) is 6.92 Å². The van der Waals surface area contributed by atoms with Gasteiger partial charge < -0.3 is 4.74 Å². The van der Waals surface area contributed by atoms with Crippen LogP contribution in [0.15, 0.2) is 12.3 Å². The minimum atomic E-state index is 0.777. The minimum Gasteiger partial charge on any atom is -0.491 e. The molecule has 0 amide bonds. The van der Waals surface area contributed by atoms with Gasteiger partial charge >= 0.3 is 0 Å². The second-order valence-corrected chi connectivity index (χ2v) is 3.86. The first-order chi connectivity index (χ1) is 7.27. The second kappa shape index (κ2) is 4.05. The molecule has 2 heterocycles. The molecule has 2 heteroatoms. The Morgan fingerprint density at radius 1 is 1.60 bits per heavy atom. The van der Waals surface area contributed by atoms with Crippen molar-refractivity contribution in [3.05, 3.63) is 29.1 Å². The Morgan fingerprint density at radius 3 is 3.07 bits per heavy atom. The molecule has 0 saturated heterocycles. The fraction of sp³-hybridized carbons (Fsp3) is 0.462. The van der Waals surface area contributed by atoms with Gasteiger partial charge in [0.2, 0.25) is 0 Å². The molecular formula is C13H17NO. The van der Waals surface area contributed by atoms with E-state index in [1.54, 1.807) is 0 Å². The second-order valence-electron chi connectivity index (χ2n) is 3.86. The zero-order valence-corrected chi connectivity index (χ0v) is 9.63. The van der Waals surface area contributed by atoms with E-state index in [0.717, 1.165) is 30.9 Å². The summed E-state index contributed by atoms with van der Waals surface area (Å²) >= 11 is 0. The van der Waals surface area contributed by atoms with Gasteiger partial charge in [-0.3, -0.25) is 4.98 Å². The van der Waals surface area contributed by atoms with Gasteiger partial charge in [-0.25, -0.2) is 0 Å². The van der Waals surface area contributed by atoms with Gasteiger partial charge in [-0.15, -0.1) is 0 Å². The van der Waals surface area contributed by atoms with E-state index < -0.39 is 0 Å². The van der Waals surface area contributed by atoms with Crippen molar-refractivity contribution in [2.24, 2.45) is 0 Å². The molecule has 0 fully saturated rings. The summed E-state index contributed by atoms with van der Waals surface area (Å²) in [5, 5.41) is 0. The number of ether oxygens (including phenoxy) is 1. The summed E-state index contributed by atoms with van der Waals surface area (Å²) in [5.41, 5.74) is 4.95. The number of hydrogen-bond acceptors (Lipinski definition) is 2. The van der Waals surface area contributed by atoms with Crippen LogP contribution in [-0.4, -0.2) is 11.6 Å². The lowest BCUT2D eigenvalue weighted by atomic mass is 9.98. The maximum Gasteiger partial charge on any atom is 0.148 e. The monoisotopic (exact) mass is 203 g/mol. The van der Waals surface area contributed by atoms with Crippen LogP contribution in [0.1, 0.15) is 37.1 Å². The van der Waals surface area contributed by atoms with Crippen molar-refractivity contribution in [2.45, 2.75) is 33.6 Å². The summed E-state index contributed by atoms with van der Waals surface area (Å²) in [7, 11) is 0. The van der Waals surface area contributed by atoms with E-state index in [1.807, 2.05) is 6.20 Å². The van der Waals surface area contributed by atoms with Crippen LogP contribution < -0.4 is 4.74 Å². The Labute approximate surface area is 91.0 Å². The lowest BCUT2D eigenvalue weighted by Crippen LogP contribution is -1.95. The molecule has 80 valence electrons. The van der Waals surface area contributed by atoms with E-state index in [0.29, 0.717) is 0 Å². The number of aromatic nitrogens is 1.